The highest BCUT2D eigenvalue weighted by Gasteiger charge is 2.18. The normalized spacial score (nSPS) is 14.3. The topological polar surface area (TPSA) is 29.4 Å². The maximum Gasteiger partial charge on any atom is 0.144 e. The molecule has 0 bridgehead atoms. The van der Waals surface area contributed by atoms with E-state index in [1.807, 2.05) is 32.9 Å². The fourth-order valence-corrected chi connectivity index (χ4v) is 1.95. The van der Waals surface area contributed by atoms with E-state index in [0.29, 0.717) is 5.02 Å². The van der Waals surface area contributed by atoms with E-state index in [0.717, 1.165) is 10.0 Å². The molecule has 0 radical (unpaired) electrons. The Hall–Kier alpha value is -0.190. The first kappa shape index (κ1) is 13.9. The van der Waals surface area contributed by atoms with Gasteiger partial charge in [0.05, 0.1) is 4.75 Å². The molecule has 88 valence electrons. The molecule has 0 aliphatic heterocycles. The van der Waals surface area contributed by atoms with E-state index in [1.54, 1.807) is 12.3 Å². The lowest BCUT2D eigenvalue weighted by atomic mass is 10.2. The Morgan fingerprint density at radius 3 is 2.62 bits per heavy atom. The molecule has 1 atom stereocenters. The SMILES string of the molecule is CC(C)(C)[S@@](=O)/N=C\c1cc(Br)ccc1Cl. The number of hydrogen-bond donors (Lipinski definition) is 0. The molecule has 0 fully saturated rings. The third-order valence-electron chi connectivity index (χ3n) is 1.77. The summed E-state index contributed by atoms with van der Waals surface area (Å²) >= 11 is 9.33. The average Bonchev–Trinajstić information content (AvgIpc) is 2.17. The van der Waals surface area contributed by atoms with Crippen molar-refractivity contribution in [3.63, 3.8) is 0 Å². The van der Waals surface area contributed by atoms with Gasteiger partial charge in [-0.2, -0.15) is 4.40 Å². The van der Waals surface area contributed by atoms with Crippen LogP contribution in [-0.2, 0) is 11.0 Å². The fourth-order valence-electron chi connectivity index (χ4n) is 0.876. The molecule has 0 saturated heterocycles. The second kappa shape index (κ2) is 5.43. The Morgan fingerprint density at radius 1 is 1.44 bits per heavy atom. The molecule has 0 aromatic heterocycles. The number of benzene rings is 1. The van der Waals surface area contributed by atoms with Crippen molar-refractivity contribution in [2.45, 2.75) is 25.5 Å². The van der Waals surface area contributed by atoms with Crippen molar-refractivity contribution >= 4 is 44.7 Å². The minimum Gasteiger partial charge on any atom is -0.234 e. The molecule has 1 aromatic rings. The second-order valence-corrected chi connectivity index (χ2v) is 7.52. The predicted octanol–water partition coefficient (Wildman–Crippen LogP) is 3.98. The second-order valence-electron chi connectivity index (χ2n) is 4.26. The Kier molecular flexibility index (Phi) is 4.71. The van der Waals surface area contributed by atoms with Gasteiger partial charge < -0.3 is 0 Å². The highest BCUT2D eigenvalue weighted by molar-refractivity contribution is 9.10. The van der Waals surface area contributed by atoms with Gasteiger partial charge in [0.1, 0.15) is 11.0 Å². The molecule has 0 N–H and O–H groups in total. The molecular weight excluding hydrogens is 310 g/mol. The van der Waals surface area contributed by atoms with Crippen LogP contribution in [0.1, 0.15) is 26.3 Å². The maximum absolute atomic E-state index is 11.7. The first-order chi connectivity index (χ1) is 7.30. The average molecular weight is 323 g/mol. The molecule has 0 aliphatic carbocycles. The van der Waals surface area contributed by atoms with Crippen LogP contribution >= 0.6 is 27.5 Å². The van der Waals surface area contributed by atoms with Gasteiger partial charge in [0.25, 0.3) is 0 Å². The Balaban J connectivity index is 2.93. The standard InChI is InChI=1S/C11H13BrClNOS/c1-11(2,3)16(15)14-7-8-6-9(12)4-5-10(8)13/h4-7H,1-3H3/b14-7-/t16-/m1/s1. The largest absolute Gasteiger partial charge is 0.234 e. The third kappa shape index (κ3) is 4.00. The number of halogens is 2. The summed E-state index contributed by atoms with van der Waals surface area (Å²) in [5.41, 5.74) is 0.758. The van der Waals surface area contributed by atoms with Gasteiger partial charge in [0, 0.05) is 21.3 Å². The molecule has 0 aliphatic rings. The van der Waals surface area contributed by atoms with Crippen molar-refractivity contribution in [1.82, 2.24) is 0 Å². The minimum absolute atomic E-state index is 0.352. The summed E-state index contributed by atoms with van der Waals surface area (Å²) in [5.74, 6) is 0. The van der Waals surface area contributed by atoms with Crippen molar-refractivity contribution in [1.29, 1.82) is 0 Å². The van der Waals surface area contributed by atoms with Crippen LogP contribution in [-0.4, -0.2) is 15.2 Å². The lowest BCUT2D eigenvalue weighted by Crippen LogP contribution is -2.19. The van der Waals surface area contributed by atoms with Crippen molar-refractivity contribution in [2.24, 2.45) is 4.40 Å². The van der Waals surface area contributed by atoms with Crippen LogP contribution in [0.4, 0.5) is 0 Å². The van der Waals surface area contributed by atoms with E-state index >= 15 is 0 Å². The van der Waals surface area contributed by atoms with Gasteiger partial charge in [-0.3, -0.25) is 0 Å². The van der Waals surface area contributed by atoms with Gasteiger partial charge in [-0.25, -0.2) is 4.21 Å². The third-order valence-corrected chi connectivity index (χ3v) is 3.95. The predicted molar refractivity (Wildman–Crippen MR) is 74.6 cm³/mol. The summed E-state index contributed by atoms with van der Waals surface area (Å²) in [6.45, 7) is 5.63. The molecule has 1 aromatic carbocycles. The summed E-state index contributed by atoms with van der Waals surface area (Å²) in [5, 5.41) is 0.595. The van der Waals surface area contributed by atoms with Gasteiger partial charge >= 0.3 is 0 Å². The van der Waals surface area contributed by atoms with Gasteiger partial charge in [0.2, 0.25) is 0 Å². The highest BCUT2D eigenvalue weighted by Crippen LogP contribution is 2.20. The van der Waals surface area contributed by atoms with Crippen LogP contribution in [0.25, 0.3) is 0 Å². The molecule has 0 heterocycles. The van der Waals surface area contributed by atoms with Gasteiger partial charge in [-0.15, -0.1) is 0 Å². The first-order valence-corrected chi connectivity index (χ1v) is 6.99. The first-order valence-electron chi connectivity index (χ1n) is 4.72. The zero-order chi connectivity index (χ0) is 12.3. The molecule has 0 unspecified atom stereocenters. The summed E-state index contributed by atoms with van der Waals surface area (Å²) < 4.78 is 16.3. The summed E-state index contributed by atoms with van der Waals surface area (Å²) in [4.78, 5) is 0. The van der Waals surface area contributed by atoms with Gasteiger partial charge in [-0.05, 0) is 39.0 Å². The lowest BCUT2D eigenvalue weighted by Gasteiger charge is -2.12. The Labute approximate surface area is 112 Å². The molecule has 0 saturated carbocycles. The number of nitrogens with zero attached hydrogens (tertiary/aromatic N) is 1. The van der Waals surface area contributed by atoms with E-state index in [-0.39, 0.29) is 4.75 Å². The van der Waals surface area contributed by atoms with Crippen LogP contribution in [0.5, 0.6) is 0 Å². The van der Waals surface area contributed by atoms with E-state index < -0.39 is 11.0 Å². The van der Waals surface area contributed by atoms with E-state index in [2.05, 4.69) is 20.3 Å². The van der Waals surface area contributed by atoms with Crippen LogP contribution < -0.4 is 0 Å². The molecule has 0 amide bonds. The molecule has 1 rings (SSSR count). The van der Waals surface area contributed by atoms with Crippen LogP contribution in [0.2, 0.25) is 5.02 Å². The number of rotatable bonds is 2. The van der Waals surface area contributed by atoms with Crippen molar-refractivity contribution in [3.8, 4) is 0 Å². The summed E-state index contributed by atoms with van der Waals surface area (Å²) in [6, 6.07) is 5.46. The van der Waals surface area contributed by atoms with Crippen molar-refractivity contribution in [3.05, 3.63) is 33.3 Å². The number of hydrogen-bond acceptors (Lipinski definition) is 1. The minimum atomic E-state index is -1.26. The smallest absolute Gasteiger partial charge is 0.144 e. The summed E-state index contributed by atoms with van der Waals surface area (Å²) in [7, 11) is -1.26. The summed E-state index contributed by atoms with van der Waals surface area (Å²) in [6.07, 6.45) is 1.55. The quantitative estimate of drug-likeness (QED) is 0.757. The van der Waals surface area contributed by atoms with Crippen LogP contribution in [0.3, 0.4) is 0 Å². The van der Waals surface area contributed by atoms with Crippen molar-refractivity contribution < 1.29 is 4.21 Å². The van der Waals surface area contributed by atoms with E-state index in [4.69, 9.17) is 11.6 Å². The van der Waals surface area contributed by atoms with Gasteiger partial charge in [0.15, 0.2) is 0 Å². The molecular formula is C11H13BrClNOS. The zero-order valence-electron chi connectivity index (χ0n) is 9.33. The fraction of sp³-hybridized carbons (Fsp3) is 0.364. The van der Waals surface area contributed by atoms with Gasteiger partial charge in [-0.1, -0.05) is 27.5 Å². The molecule has 2 nitrogen and oxygen atoms in total. The zero-order valence-corrected chi connectivity index (χ0v) is 12.5. The lowest BCUT2D eigenvalue weighted by molar-refractivity contribution is 0.651. The Morgan fingerprint density at radius 2 is 2.06 bits per heavy atom. The molecule has 0 spiro atoms. The highest BCUT2D eigenvalue weighted by atomic mass is 79.9. The molecule has 16 heavy (non-hydrogen) atoms. The van der Waals surface area contributed by atoms with Crippen LogP contribution in [0.15, 0.2) is 27.1 Å². The Bertz CT molecular complexity index is 440. The van der Waals surface area contributed by atoms with E-state index in [9.17, 15) is 4.21 Å². The molecule has 5 heteroatoms. The van der Waals surface area contributed by atoms with E-state index in [1.165, 1.54) is 0 Å². The van der Waals surface area contributed by atoms with Crippen LogP contribution in [0, 0.1) is 0 Å². The monoisotopic (exact) mass is 321 g/mol. The maximum atomic E-state index is 11.7. The van der Waals surface area contributed by atoms with Crippen molar-refractivity contribution in [2.75, 3.05) is 0 Å².